The van der Waals surface area contributed by atoms with Gasteiger partial charge in [0.05, 0.1) is 10.8 Å². The molecule has 0 aromatic heterocycles. The lowest BCUT2D eigenvalue weighted by atomic mass is 9.84. The van der Waals surface area contributed by atoms with Gasteiger partial charge in [0.25, 0.3) is 0 Å². The fourth-order valence-corrected chi connectivity index (χ4v) is 6.30. The van der Waals surface area contributed by atoms with Gasteiger partial charge in [-0.3, -0.25) is 9.59 Å². The van der Waals surface area contributed by atoms with Crippen molar-refractivity contribution in [2.75, 3.05) is 6.54 Å². The van der Waals surface area contributed by atoms with E-state index in [2.05, 4.69) is 5.32 Å². The predicted octanol–water partition coefficient (Wildman–Crippen LogP) is 2.56. The van der Waals surface area contributed by atoms with Gasteiger partial charge in [0.15, 0.2) is 0 Å². The maximum absolute atomic E-state index is 13.1. The molecule has 0 spiro atoms. The summed E-state index contributed by atoms with van der Waals surface area (Å²) in [5, 5.41) is 12.5. The van der Waals surface area contributed by atoms with Crippen molar-refractivity contribution in [2.24, 2.45) is 5.92 Å². The number of sulfonamides is 1. The first kappa shape index (κ1) is 21.1. The molecule has 2 aliphatic rings. The quantitative estimate of drug-likeness (QED) is 0.750. The number of hydrogen-bond donors (Lipinski definition) is 2. The molecule has 0 bridgehead atoms. The molecule has 9 heteroatoms. The molecule has 1 amide bonds. The molecule has 7 nitrogen and oxygen atoms in total. The van der Waals surface area contributed by atoms with Crippen LogP contribution in [0, 0.1) is 12.8 Å². The van der Waals surface area contributed by atoms with Crippen LogP contribution in [0.5, 0.6) is 0 Å². The van der Waals surface area contributed by atoms with E-state index in [1.807, 2.05) is 0 Å². The fourth-order valence-electron chi connectivity index (χ4n) is 4.16. The number of nitrogens with zero attached hydrogens (tertiary/aromatic N) is 1. The second-order valence-corrected chi connectivity index (χ2v) is 9.91. The Bertz CT molecular complexity index is 853. The molecule has 2 unspecified atom stereocenters. The molecule has 1 aliphatic heterocycles. The van der Waals surface area contributed by atoms with Crippen molar-refractivity contribution in [1.82, 2.24) is 9.62 Å². The zero-order chi connectivity index (χ0) is 20.5. The van der Waals surface area contributed by atoms with E-state index in [-0.39, 0.29) is 11.4 Å². The van der Waals surface area contributed by atoms with Crippen LogP contribution in [0.2, 0.25) is 5.02 Å². The Morgan fingerprint density at radius 3 is 2.54 bits per heavy atom. The molecule has 1 aliphatic carbocycles. The second kappa shape index (κ2) is 8.39. The average Bonchev–Trinajstić information content (AvgIpc) is 3.12. The highest BCUT2D eigenvalue weighted by atomic mass is 35.5. The SMILES string of the molecule is Cc1cc(Cl)cc(S(=O)(=O)N2CCC[C@H]2C(=O)NC2CCCCC2C(=O)O)c1. The van der Waals surface area contributed by atoms with Gasteiger partial charge in [0, 0.05) is 17.6 Å². The van der Waals surface area contributed by atoms with Gasteiger partial charge in [-0.15, -0.1) is 0 Å². The number of carboxylic acid groups (broad SMARTS) is 1. The standard InChI is InChI=1S/C19H25ClN2O5S/c1-12-9-13(20)11-14(10-12)28(26,27)22-8-4-7-17(22)18(23)21-16-6-3-2-5-15(16)19(24)25/h9-11,15-17H,2-8H2,1H3,(H,21,23)(H,24,25)/t15?,16?,17-/m0/s1. The molecule has 28 heavy (non-hydrogen) atoms. The number of carboxylic acids is 1. The number of amides is 1. The van der Waals surface area contributed by atoms with E-state index in [9.17, 15) is 23.1 Å². The zero-order valence-electron chi connectivity index (χ0n) is 15.7. The molecule has 3 rings (SSSR count). The number of aryl methyl sites for hydroxylation is 1. The molecule has 1 saturated heterocycles. The summed E-state index contributed by atoms with van der Waals surface area (Å²) >= 11 is 6.02. The second-order valence-electron chi connectivity index (χ2n) is 7.58. The first-order valence-corrected chi connectivity index (χ1v) is 11.3. The summed E-state index contributed by atoms with van der Waals surface area (Å²) in [7, 11) is -3.88. The third-order valence-electron chi connectivity index (χ3n) is 5.54. The number of carbonyl (C=O) groups excluding carboxylic acids is 1. The molecule has 1 saturated carbocycles. The van der Waals surface area contributed by atoms with E-state index in [4.69, 9.17) is 11.6 Å². The van der Waals surface area contributed by atoms with Gasteiger partial charge in [-0.05, 0) is 56.4 Å². The van der Waals surface area contributed by atoms with Crippen LogP contribution in [0.1, 0.15) is 44.1 Å². The number of rotatable bonds is 5. The normalized spacial score (nSPS) is 26.1. The van der Waals surface area contributed by atoms with Gasteiger partial charge in [-0.2, -0.15) is 4.31 Å². The summed E-state index contributed by atoms with van der Waals surface area (Å²) in [5.74, 6) is -1.96. The third-order valence-corrected chi connectivity index (χ3v) is 7.64. The van der Waals surface area contributed by atoms with E-state index in [1.165, 1.54) is 16.4 Å². The lowest BCUT2D eigenvalue weighted by Crippen LogP contribution is -2.52. The van der Waals surface area contributed by atoms with Gasteiger partial charge in [-0.25, -0.2) is 8.42 Å². The predicted molar refractivity (Wildman–Crippen MR) is 105 cm³/mol. The Kier molecular flexibility index (Phi) is 6.31. The summed E-state index contributed by atoms with van der Waals surface area (Å²) in [4.78, 5) is 24.4. The first-order chi connectivity index (χ1) is 13.2. The van der Waals surface area contributed by atoms with E-state index >= 15 is 0 Å². The number of aliphatic carboxylic acids is 1. The van der Waals surface area contributed by atoms with Gasteiger partial charge in [-0.1, -0.05) is 24.4 Å². The van der Waals surface area contributed by atoms with Crippen molar-refractivity contribution in [3.05, 3.63) is 28.8 Å². The molecular formula is C19H25ClN2O5S. The number of carbonyl (C=O) groups is 2. The molecule has 1 aromatic rings. The minimum Gasteiger partial charge on any atom is -0.481 e. The summed E-state index contributed by atoms with van der Waals surface area (Å²) < 4.78 is 27.4. The van der Waals surface area contributed by atoms with Crippen molar-refractivity contribution < 1.29 is 23.1 Å². The van der Waals surface area contributed by atoms with Crippen molar-refractivity contribution >= 4 is 33.5 Å². The number of hydrogen-bond acceptors (Lipinski definition) is 4. The maximum atomic E-state index is 13.1. The van der Waals surface area contributed by atoms with Crippen molar-refractivity contribution in [2.45, 2.75) is 62.4 Å². The highest BCUT2D eigenvalue weighted by Gasteiger charge is 2.41. The molecule has 0 radical (unpaired) electrons. The Balaban J connectivity index is 1.80. The Labute approximate surface area is 170 Å². The van der Waals surface area contributed by atoms with E-state index in [0.29, 0.717) is 30.7 Å². The topological polar surface area (TPSA) is 104 Å². The summed E-state index contributed by atoms with van der Waals surface area (Å²) in [6.07, 6.45) is 3.77. The molecule has 1 heterocycles. The first-order valence-electron chi connectivity index (χ1n) is 9.52. The minimum absolute atomic E-state index is 0.0679. The van der Waals surface area contributed by atoms with Crippen LogP contribution >= 0.6 is 11.6 Å². The molecular weight excluding hydrogens is 404 g/mol. The van der Waals surface area contributed by atoms with Crippen LogP contribution < -0.4 is 5.32 Å². The van der Waals surface area contributed by atoms with Crippen molar-refractivity contribution in [3.63, 3.8) is 0 Å². The molecule has 2 fully saturated rings. The summed E-state index contributed by atoms with van der Waals surface area (Å²) in [5.41, 5.74) is 0.720. The largest absolute Gasteiger partial charge is 0.481 e. The lowest BCUT2D eigenvalue weighted by molar-refractivity contribution is -0.144. The summed E-state index contributed by atoms with van der Waals surface area (Å²) in [6, 6.07) is 3.30. The minimum atomic E-state index is -3.88. The average molecular weight is 429 g/mol. The van der Waals surface area contributed by atoms with Crippen LogP contribution in [0.3, 0.4) is 0 Å². The third kappa shape index (κ3) is 4.34. The Morgan fingerprint density at radius 1 is 1.14 bits per heavy atom. The van der Waals surface area contributed by atoms with E-state index in [1.54, 1.807) is 13.0 Å². The smallest absolute Gasteiger partial charge is 0.308 e. The van der Waals surface area contributed by atoms with Crippen LogP contribution in [0.4, 0.5) is 0 Å². The highest BCUT2D eigenvalue weighted by molar-refractivity contribution is 7.89. The fraction of sp³-hybridized carbons (Fsp3) is 0.579. The number of benzene rings is 1. The van der Waals surface area contributed by atoms with Crippen LogP contribution in [0.25, 0.3) is 0 Å². The van der Waals surface area contributed by atoms with Crippen LogP contribution in [-0.2, 0) is 19.6 Å². The Hall–Kier alpha value is -1.64. The van der Waals surface area contributed by atoms with Gasteiger partial charge < -0.3 is 10.4 Å². The van der Waals surface area contributed by atoms with Gasteiger partial charge in [0.2, 0.25) is 15.9 Å². The van der Waals surface area contributed by atoms with Gasteiger partial charge >= 0.3 is 5.97 Å². The zero-order valence-corrected chi connectivity index (χ0v) is 17.3. The van der Waals surface area contributed by atoms with E-state index < -0.39 is 39.9 Å². The van der Waals surface area contributed by atoms with Crippen LogP contribution in [0.15, 0.2) is 23.1 Å². The number of nitrogens with one attached hydrogen (secondary N) is 1. The lowest BCUT2D eigenvalue weighted by Gasteiger charge is -2.31. The molecule has 2 N–H and O–H groups in total. The number of halogens is 1. The van der Waals surface area contributed by atoms with E-state index in [0.717, 1.165) is 18.4 Å². The summed E-state index contributed by atoms with van der Waals surface area (Å²) in [6.45, 7) is 2.01. The molecule has 154 valence electrons. The molecule has 3 atom stereocenters. The van der Waals surface area contributed by atoms with Crippen molar-refractivity contribution in [3.8, 4) is 0 Å². The van der Waals surface area contributed by atoms with Crippen molar-refractivity contribution in [1.29, 1.82) is 0 Å². The molecule has 1 aromatic carbocycles. The monoisotopic (exact) mass is 428 g/mol. The maximum Gasteiger partial charge on any atom is 0.308 e. The van der Waals surface area contributed by atoms with Crippen LogP contribution in [-0.4, -0.2) is 48.3 Å². The Morgan fingerprint density at radius 2 is 1.86 bits per heavy atom. The highest BCUT2D eigenvalue weighted by Crippen LogP contribution is 2.30. The van der Waals surface area contributed by atoms with Gasteiger partial charge in [0.1, 0.15) is 6.04 Å².